The first-order chi connectivity index (χ1) is 14.2. The zero-order valence-electron chi connectivity index (χ0n) is 15.9. The Morgan fingerprint density at radius 1 is 1.17 bits per heavy atom. The maximum atomic E-state index is 10.6. The number of hydrogen-bond acceptors (Lipinski definition) is 5. The number of nitrogens with zero attached hydrogens (tertiary/aromatic N) is 3. The van der Waals surface area contributed by atoms with Crippen LogP contribution in [0.3, 0.4) is 0 Å². The van der Waals surface area contributed by atoms with Crippen LogP contribution in [0.2, 0.25) is 0 Å². The summed E-state index contributed by atoms with van der Waals surface area (Å²) in [6.45, 7) is 3.67. The van der Waals surface area contributed by atoms with Crippen LogP contribution < -0.4 is 0 Å². The first-order valence-corrected chi connectivity index (χ1v) is 10.6. The molecule has 0 unspecified atom stereocenters. The third-order valence-electron chi connectivity index (χ3n) is 5.45. The Bertz CT molecular complexity index is 1130. The zero-order valence-corrected chi connectivity index (χ0v) is 17.4. The first kappa shape index (κ1) is 18.4. The molecule has 3 aromatic rings. The monoisotopic (exact) mass is 452 g/mol. The van der Waals surface area contributed by atoms with Crippen molar-refractivity contribution in [1.29, 1.82) is 0 Å². The number of aliphatic imine (C=N–C) groups is 1. The van der Waals surface area contributed by atoms with Crippen molar-refractivity contribution in [1.82, 2.24) is 9.88 Å². The van der Waals surface area contributed by atoms with Gasteiger partial charge in [-0.25, -0.2) is 4.99 Å². The average Bonchev–Trinajstić information content (AvgIpc) is 3.42. The van der Waals surface area contributed by atoms with Crippen molar-refractivity contribution in [3.8, 4) is 5.88 Å². The van der Waals surface area contributed by atoms with E-state index in [9.17, 15) is 5.11 Å². The Balaban J connectivity index is 1.49. The average molecular weight is 453 g/mol. The lowest BCUT2D eigenvalue weighted by Gasteiger charge is -2.13. The van der Waals surface area contributed by atoms with Crippen molar-refractivity contribution < 1.29 is 9.94 Å². The smallest absolute Gasteiger partial charge is 0.199 e. The number of halogens is 1. The van der Waals surface area contributed by atoms with Crippen LogP contribution in [0.1, 0.15) is 24.0 Å². The number of oxime groups is 1. The predicted octanol–water partition coefficient (Wildman–Crippen LogP) is 4.59. The molecule has 3 heterocycles. The Morgan fingerprint density at radius 3 is 2.86 bits per heavy atom. The number of para-hydroxylation sites is 1. The molecule has 0 bridgehead atoms. The van der Waals surface area contributed by atoms with Gasteiger partial charge in [-0.2, -0.15) is 0 Å². The molecular weight excluding hydrogens is 432 g/mol. The second-order valence-electron chi connectivity index (χ2n) is 7.34. The molecule has 2 aromatic carbocycles. The largest absolute Gasteiger partial charge is 0.494 e. The lowest BCUT2D eigenvalue weighted by Crippen LogP contribution is -2.23. The molecule has 148 valence electrons. The van der Waals surface area contributed by atoms with Gasteiger partial charge in [0.2, 0.25) is 0 Å². The van der Waals surface area contributed by atoms with Gasteiger partial charge in [0.15, 0.2) is 5.88 Å². The van der Waals surface area contributed by atoms with E-state index in [2.05, 4.69) is 31.0 Å². The first-order valence-electron chi connectivity index (χ1n) is 9.82. The zero-order chi connectivity index (χ0) is 19.8. The van der Waals surface area contributed by atoms with Crippen LogP contribution in [0.4, 0.5) is 5.69 Å². The third-order valence-corrected chi connectivity index (χ3v) is 5.94. The number of aromatic nitrogens is 1. The highest BCUT2D eigenvalue weighted by Gasteiger charge is 2.29. The molecular formula is C22H21BrN4O2. The second kappa shape index (κ2) is 7.65. The summed E-state index contributed by atoms with van der Waals surface area (Å²) in [5.74, 6) is 0.0782. The minimum atomic E-state index is 0.0782. The van der Waals surface area contributed by atoms with Crippen LogP contribution in [0.25, 0.3) is 10.9 Å². The normalized spacial score (nSPS) is 17.8. The molecule has 0 amide bonds. The Labute approximate surface area is 177 Å². The molecule has 0 aliphatic carbocycles. The summed E-state index contributed by atoms with van der Waals surface area (Å²) in [4.78, 5) is 15.9. The van der Waals surface area contributed by atoms with E-state index in [1.165, 1.54) is 12.8 Å². The van der Waals surface area contributed by atoms with Gasteiger partial charge in [0.1, 0.15) is 18.0 Å². The number of aromatic amines is 1. The number of benzene rings is 2. The lowest BCUT2D eigenvalue weighted by molar-refractivity contribution is 0.119. The van der Waals surface area contributed by atoms with Crippen LogP contribution in [0.15, 0.2) is 57.1 Å². The number of likely N-dealkylation sites (tertiary alicyclic amines) is 1. The number of rotatable bonds is 5. The van der Waals surface area contributed by atoms with E-state index in [0.29, 0.717) is 23.6 Å². The van der Waals surface area contributed by atoms with E-state index < -0.39 is 0 Å². The molecule has 5 rings (SSSR count). The van der Waals surface area contributed by atoms with Gasteiger partial charge in [0, 0.05) is 22.0 Å². The Hall–Kier alpha value is -2.64. The molecule has 2 aliphatic rings. The molecule has 2 N–H and O–H groups in total. The maximum Gasteiger partial charge on any atom is 0.199 e. The van der Waals surface area contributed by atoms with Gasteiger partial charge < -0.3 is 14.9 Å². The van der Waals surface area contributed by atoms with Gasteiger partial charge in [-0.05, 0) is 44.1 Å². The Morgan fingerprint density at radius 2 is 2.00 bits per heavy atom. The van der Waals surface area contributed by atoms with Crippen LogP contribution in [-0.2, 0) is 4.84 Å². The highest BCUT2D eigenvalue weighted by Crippen LogP contribution is 2.36. The highest BCUT2D eigenvalue weighted by molar-refractivity contribution is 9.10. The fourth-order valence-electron chi connectivity index (χ4n) is 4.02. The third kappa shape index (κ3) is 3.45. The van der Waals surface area contributed by atoms with Crippen molar-refractivity contribution in [3.63, 3.8) is 0 Å². The van der Waals surface area contributed by atoms with Crippen LogP contribution in [-0.4, -0.2) is 52.7 Å². The fraction of sp³-hybridized carbons (Fsp3) is 0.273. The van der Waals surface area contributed by atoms with E-state index in [4.69, 9.17) is 9.83 Å². The van der Waals surface area contributed by atoms with Crippen molar-refractivity contribution in [2.45, 2.75) is 12.8 Å². The SMILES string of the molecule is Oc1[nH]c2cc(Br)ccc2c1C1=Nc2ccccc2/C1=N\OCCN1CCCC1. The van der Waals surface area contributed by atoms with Crippen molar-refractivity contribution in [3.05, 3.63) is 58.1 Å². The fourth-order valence-corrected chi connectivity index (χ4v) is 4.38. The molecule has 2 aliphatic heterocycles. The number of nitrogens with one attached hydrogen (secondary N) is 1. The topological polar surface area (TPSA) is 73.2 Å². The van der Waals surface area contributed by atoms with Crippen LogP contribution >= 0.6 is 15.9 Å². The predicted molar refractivity (Wildman–Crippen MR) is 118 cm³/mol. The molecule has 0 atom stereocenters. The Kier molecular flexibility index (Phi) is 4.85. The van der Waals surface area contributed by atoms with Crippen LogP contribution in [0.5, 0.6) is 5.88 Å². The summed E-state index contributed by atoms with van der Waals surface area (Å²) in [6.07, 6.45) is 2.52. The van der Waals surface area contributed by atoms with E-state index in [1.807, 2.05) is 42.5 Å². The minimum Gasteiger partial charge on any atom is -0.494 e. The summed E-state index contributed by atoms with van der Waals surface area (Å²) >= 11 is 3.48. The van der Waals surface area contributed by atoms with Gasteiger partial charge in [-0.15, -0.1) is 0 Å². The molecule has 1 fully saturated rings. The van der Waals surface area contributed by atoms with Gasteiger partial charge in [-0.1, -0.05) is 45.4 Å². The van der Waals surface area contributed by atoms with E-state index >= 15 is 0 Å². The maximum absolute atomic E-state index is 10.6. The van der Waals surface area contributed by atoms with Crippen molar-refractivity contribution in [2.24, 2.45) is 10.1 Å². The number of aromatic hydroxyl groups is 1. The number of H-pyrrole nitrogens is 1. The lowest BCUT2D eigenvalue weighted by atomic mass is 10.0. The number of fused-ring (bicyclic) bond motifs is 2. The van der Waals surface area contributed by atoms with E-state index in [0.717, 1.165) is 46.3 Å². The van der Waals surface area contributed by atoms with Crippen molar-refractivity contribution in [2.75, 3.05) is 26.2 Å². The highest BCUT2D eigenvalue weighted by atomic mass is 79.9. The van der Waals surface area contributed by atoms with E-state index in [1.54, 1.807) is 0 Å². The molecule has 0 radical (unpaired) electrons. The molecule has 1 aromatic heterocycles. The summed E-state index contributed by atoms with van der Waals surface area (Å²) < 4.78 is 0.939. The standard InChI is InChI=1S/C22H21BrN4O2/c23-14-7-8-15-18(13-14)25-22(28)19(15)21-20(16-5-1-2-6-17(16)24-21)26-29-12-11-27-9-3-4-10-27/h1-2,5-8,13,25,28H,3-4,9-12H2/b26-20+. The van der Waals surface area contributed by atoms with Gasteiger partial charge in [0.05, 0.1) is 16.8 Å². The summed E-state index contributed by atoms with van der Waals surface area (Å²) in [7, 11) is 0. The second-order valence-corrected chi connectivity index (χ2v) is 8.25. The van der Waals surface area contributed by atoms with Gasteiger partial charge in [-0.3, -0.25) is 4.90 Å². The summed E-state index contributed by atoms with van der Waals surface area (Å²) in [6, 6.07) is 13.7. The molecule has 29 heavy (non-hydrogen) atoms. The quantitative estimate of drug-likeness (QED) is 0.439. The molecule has 6 nitrogen and oxygen atoms in total. The van der Waals surface area contributed by atoms with Gasteiger partial charge >= 0.3 is 0 Å². The molecule has 1 saturated heterocycles. The molecule has 0 spiro atoms. The van der Waals surface area contributed by atoms with E-state index in [-0.39, 0.29) is 5.88 Å². The number of hydrogen-bond donors (Lipinski definition) is 2. The summed E-state index contributed by atoms with van der Waals surface area (Å²) in [5.41, 5.74) is 4.50. The van der Waals surface area contributed by atoms with Gasteiger partial charge in [0.25, 0.3) is 0 Å². The van der Waals surface area contributed by atoms with Crippen LogP contribution in [0, 0.1) is 0 Å². The van der Waals surface area contributed by atoms with Crippen molar-refractivity contribution >= 4 is 43.9 Å². The molecule has 0 saturated carbocycles. The minimum absolute atomic E-state index is 0.0782. The molecule has 7 heteroatoms. The summed E-state index contributed by atoms with van der Waals surface area (Å²) in [5, 5.41) is 16.0.